The molecule has 68 heavy (non-hydrogen) atoms. The first-order valence-corrected chi connectivity index (χ1v) is 24.3. The molecule has 2 fully saturated rings. The number of alkyl halides is 2. The number of thiazole rings is 1. The summed E-state index contributed by atoms with van der Waals surface area (Å²) in [7, 11) is 0. The van der Waals surface area contributed by atoms with Crippen molar-refractivity contribution in [3.8, 4) is 0 Å². The predicted octanol–water partition coefficient (Wildman–Crippen LogP) is 9.91. The van der Waals surface area contributed by atoms with Gasteiger partial charge in [0.2, 0.25) is 5.91 Å². The number of ether oxygens (including phenoxy) is 1. The SMILES string of the molecule is O=C(NC1C(=O)N2CC(C=CSc3cccnc3)(C(=O)OC(c3ccccc3)c3ccccc3)CS[C@H]12)C(=NOC(F)F)c1csc(NC(c2ccccc2)(c2ccccc2)c2ccccc2)n1. The van der Waals surface area contributed by atoms with Crippen molar-refractivity contribution in [2.75, 3.05) is 17.6 Å². The number of carbonyl (C=O) groups excluding carboxylic acids is 3. The van der Waals surface area contributed by atoms with E-state index >= 15 is 0 Å². The number of halogens is 2. The number of carbonyl (C=O) groups is 3. The summed E-state index contributed by atoms with van der Waals surface area (Å²) in [5, 5.41) is 13.0. The first kappa shape index (κ1) is 46.0. The topological polar surface area (TPSA) is 135 Å². The fourth-order valence-corrected chi connectivity index (χ4v) is 11.3. The quantitative estimate of drug-likeness (QED) is 0.0227. The third kappa shape index (κ3) is 9.79. The minimum Gasteiger partial charge on any atom is -0.452 e. The Balaban J connectivity index is 0.966. The first-order chi connectivity index (χ1) is 33.2. The van der Waals surface area contributed by atoms with Crippen molar-refractivity contribution in [1.29, 1.82) is 0 Å². The van der Waals surface area contributed by atoms with Gasteiger partial charge in [-0.2, -0.15) is 8.78 Å². The van der Waals surface area contributed by atoms with Crippen LogP contribution < -0.4 is 10.6 Å². The Morgan fingerprint density at radius 1 is 0.824 bits per heavy atom. The second-order valence-corrected chi connectivity index (χ2v) is 18.8. The van der Waals surface area contributed by atoms with Gasteiger partial charge in [0.15, 0.2) is 16.9 Å². The zero-order chi connectivity index (χ0) is 46.9. The average Bonchev–Trinajstić information content (AvgIpc) is 3.85. The van der Waals surface area contributed by atoms with Crippen LogP contribution >= 0.6 is 34.9 Å². The van der Waals surface area contributed by atoms with E-state index in [-0.39, 0.29) is 18.0 Å². The summed E-state index contributed by atoms with van der Waals surface area (Å²) in [6.07, 6.45) is 4.41. The van der Waals surface area contributed by atoms with E-state index in [4.69, 9.17) is 9.72 Å². The highest BCUT2D eigenvalue weighted by atomic mass is 32.2. The molecule has 2 N–H and O–H groups in total. The van der Waals surface area contributed by atoms with Crippen LogP contribution in [-0.2, 0) is 29.5 Å². The van der Waals surface area contributed by atoms with Gasteiger partial charge in [0, 0.05) is 35.0 Å². The highest BCUT2D eigenvalue weighted by Crippen LogP contribution is 2.46. The zero-order valence-corrected chi connectivity index (χ0v) is 38.5. The number of rotatable bonds is 17. The highest BCUT2D eigenvalue weighted by molar-refractivity contribution is 8.02. The predicted molar refractivity (Wildman–Crippen MR) is 261 cm³/mol. The van der Waals surface area contributed by atoms with Gasteiger partial charge in [0.25, 0.3) is 5.91 Å². The fourth-order valence-electron chi connectivity index (χ4n) is 8.24. The van der Waals surface area contributed by atoms with E-state index in [1.807, 2.05) is 164 Å². The number of hydrogen-bond donors (Lipinski definition) is 2. The molecule has 0 aliphatic carbocycles. The van der Waals surface area contributed by atoms with E-state index in [1.165, 1.54) is 33.8 Å². The monoisotopic (exact) mass is 964 g/mol. The molecule has 7 aromatic rings. The Hall–Kier alpha value is -7.14. The Labute approximate surface area is 403 Å². The largest absolute Gasteiger partial charge is 0.452 e. The van der Waals surface area contributed by atoms with Crippen molar-refractivity contribution in [1.82, 2.24) is 20.2 Å². The summed E-state index contributed by atoms with van der Waals surface area (Å²) in [6.45, 7) is -3.39. The number of nitrogens with zero attached hydrogens (tertiary/aromatic N) is 4. The molecule has 2 aromatic heterocycles. The number of esters is 1. The van der Waals surface area contributed by atoms with Gasteiger partial charge in [-0.05, 0) is 45.4 Å². The van der Waals surface area contributed by atoms with Gasteiger partial charge in [-0.3, -0.25) is 19.4 Å². The molecule has 2 aliphatic rings. The summed E-state index contributed by atoms with van der Waals surface area (Å²) < 4.78 is 33.6. The molecule has 0 spiro atoms. The van der Waals surface area contributed by atoms with Crippen molar-refractivity contribution < 1.29 is 32.7 Å². The summed E-state index contributed by atoms with van der Waals surface area (Å²) in [6, 6.07) is 50.9. The van der Waals surface area contributed by atoms with E-state index in [9.17, 15) is 23.2 Å². The number of benzene rings is 5. The molecule has 11 nitrogen and oxygen atoms in total. The lowest BCUT2D eigenvalue weighted by Gasteiger charge is -2.53. The second-order valence-electron chi connectivity index (χ2n) is 15.8. The van der Waals surface area contributed by atoms with Crippen LogP contribution in [0.2, 0.25) is 0 Å². The number of pyridine rings is 1. The number of fused-ring (bicyclic) bond motifs is 1. The minimum absolute atomic E-state index is 0.0440. The van der Waals surface area contributed by atoms with Crippen LogP contribution in [0.4, 0.5) is 13.9 Å². The van der Waals surface area contributed by atoms with Crippen molar-refractivity contribution in [2.45, 2.75) is 34.6 Å². The number of hydrogen-bond acceptors (Lipinski definition) is 12. The molecule has 2 amide bonds. The van der Waals surface area contributed by atoms with Crippen LogP contribution in [0.1, 0.15) is 39.6 Å². The van der Waals surface area contributed by atoms with Crippen LogP contribution in [-0.4, -0.2) is 68.7 Å². The van der Waals surface area contributed by atoms with E-state index in [2.05, 4.69) is 25.6 Å². The maximum absolute atomic E-state index is 14.6. The molecule has 5 aromatic carbocycles. The molecular weight excluding hydrogens is 923 g/mol. The van der Waals surface area contributed by atoms with Crippen LogP contribution in [0.3, 0.4) is 0 Å². The number of oxime groups is 1. The maximum atomic E-state index is 14.6. The summed E-state index contributed by atoms with van der Waals surface area (Å²) in [4.78, 5) is 58.5. The number of β-lactam (4-membered cyclic amide) rings is 1. The third-order valence-electron chi connectivity index (χ3n) is 11.6. The van der Waals surface area contributed by atoms with E-state index in [0.29, 0.717) is 5.13 Å². The highest BCUT2D eigenvalue weighted by Gasteiger charge is 2.57. The standard InChI is InChI=1S/C52H42F2N6O5S3/c53-49(54)65-59-42(41-32-67-50(56-41)58-52(37-21-10-3-11-22-37,38-23-12-4-13-24-38)39-25-14-5-15-26-39)45(61)57-43-46(62)60-33-51(34-68-47(43)60,28-30-66-40-27-16-29-55-31-40)48(63)64-44(35-17-6-1-7-18-35)36-19-8-2-9-20-36/h1-32,43-44,47,49H,33-34H2,(H,56,58)(H,57,61)/t43?,47-,51?/m1/s1. The van der Waals surface area contributed by atoms with E-state index in [1.54, 1.807) is 23.9 Å². The normalized spacial score (nSPS) is 18.2. The Morgan fingerprint density at radius 3 is 1.94 bits per heavy atom. The zero-order valence-electron chi connectivity index (χ0n) is 36.0. The van der Waals surface area contributed by atoms with Gasteiger partial charge in [-0.15, -0.1) is 23.1 Å². The van der Waals surface area contributed by atoms with Crippen LogP contribution in [0.25, 0.3) is 0 Å². The van der Waals surface area contributed by atoms with Crippen molar-refractivity contribution in [2.24, 2.45) is 10.6 Å². The number of thioether (sulfide) groups is 2. The molecule has 2 aliphatic heterocycles. The van der Waals surface area contributed by atoms with Crippen molar-refractivity contribution >= 4 is 63.5 Å². The summed E-state index contributed by atoms with van der Waals surface area (Å²) >= 11 is 3.82. The average molecular weight is 965 g/mol. The van der Waals surface area contributed by atoms with Crippen molar-refractivity contribution in [3.63, 3.8) is 0 Å². The molecule has 342 valence electrons. The molecule has 0 radical (unpaired) electrons. The Bertz CT molecular complexity index is 2750. The lowest BCUT2D eigenvalue weighted by molar-refractivity contribution is -0.162. The van der Waals surface area contributed by atoms with Gasteiger partial charge in [0.1, 0.15) is 28.1 Å². The molecular formula is C52H42F2N6O5S3. The molecule has 2 saturated heterocycles. The lowest BCUT2D eigenvalue weighted by atomic mass is 9.77. The molecule has 3 atom stereocenters. The van der Waals surface area contributed by atoms with Crippen LogP contribution in [0.15, 0.2) is 203 Å². The smallest absolute Gasteiger partial charge is 0.407 e. The molecule has 2 unspecified atom stereocenters. The summed E-state index contributed by atoms with van der Waals surface area (Å²) in [5.74, 6) is -1.77. The minimum atomic E-state index is -3.34. The van der Waals surface area contributed by atoms with Gasteiger partial charge in [0.05, 0.1) is 0 Å². The molecule has 16 heteroatoms. The van der Waals surface area contributed by atoms with E-state index in [0.717, 1.165) is 44.0 Å². The van der Waals surface area contributed by atoms with Gasteiger partial charge < -0.3 is 25.1 Å². The second kappa shape index (κ2) is 20.8. The number of aromatic nitrogens is 2. The number of anilines is 1. The van der Waals surface area contributed by atoms with Gasteiger partial charge >= 0.3 is 12.6 Å². The number of nitrogens with one attached hydrogen (secondary N) is 2. The lowest BCUT2D eigenvalue weighted by Crippen LogP contribution is -2.74. The molecule has 4 heterocycles. The molecule has 0 bridgehead atoms. The van der Waals surface area contributed by atoms with Gasteiger partial charge in [-0.1, -0.05) is 175 Å². The summed E-state index contributed by atoms with van der Waals surface area (Å²) in [5.41, 5.74) is 1.37. The third-order valence-corrected chi connectivity index (χ3v) is 14.6. The van der Waals surface area contributed by atoms with E-state index < -0.39 is 58.6 Å². The van der Waals surface area contributed by atoms with Gasteiger partial charge in [-0.25, -0.2) is 4.98 Å². The Morgan fingerprint density at radius 2 is 1.40 bits per heavy atom. The number of amides is 2. The van der Waals surface area contributed by atoms with Crippen LogP contribution in [0.5, 0.6) is 0 Å². The molecule has 9 rings (SSSR count). The molecule has 0 saturated carbocycles. The van der Waals surface area contributed by atoms with Crippen molar-refractivity contribution in [3.05, 3.63) is 227 Å². The van der Waals surface area contributed by atoms with Crippen LogP contribution in [0, 0.1) is 5.41 Å². The maximum Gasteiger partial charge on any atom is 0.407 e. The fraction of sp³-hybridized carbons (Fsp3) is 0.154. The Kier molecular flexibility index (Phi) is 14.1. The first-order valence-electron chi connectivity index (χ1n) is 21.4.